The number of carbonyl (C=O) groups excluding carboxylic acids is 1. The smallest absolute Gasteiger partial charge is 0.306 e. The molecule has 2 saturated heterocycles. The van der Waals surface area contributed by atoms with Gasteiger partial charge in [-0.1, -0.05) is 13.8 Å². The summed E-state index contributed by atoms with van der Waals surface area (Å²) in [6.07, 6.45) is 2.97. The van der Waals surface area contributed by atoms with E-state index in [9.17, 15) is 4.79 Å². The van der Waals surface area contributed by atoms with Crippen LogP contribution in [0.2, 0.25) is 0 Å². The highest BCUT2D eigenvalue weighted by molar-refractivity contribution is 5.70. The molecule has 0 spiro atoms. The molecule has 2 nitrogen and oxygen atoms in total. The number of fused-ring (bicyclic) bond motifs is 3. The van der Waals surface area contributed by atoms with Gasteiger partial charge in [-0.2, -0.15) is 0 Å². The zero-order chi connectivity index (χ0) is 8.06. The Morgan fingerprint density at radius 2 is 2.27 bits per heavy atom. The van der Waals surface area contributed by atoms with Crippen molar-refractivity contribution in [1.29, 1.82) is 0 Å². The van der Waals surface area contributed by atoms with Crippen molar-refractivity contribution in [1.82, 2.24) is 0 Å². The Bertz CT molecular complexity index is 196. The molecule has 62 valence electrons. The number of hydrogen-bond donors (Lipinski definition) is 0. The van der Waals surface area contributed by atoms with Crippen LogP contribution in [0.5, 0.6) is 0 Å². The van der Waals surface area contributed by atoms with Crippen molar-refractivity contribution in [3.8, 4) is 0 Å². The van der Waals surface area contributed by atoms with Crippen molar-refractivity contribution >= 4 is 5.97 Å². The van der Waals surface area contributed by atoms with Crippen molar-refractivity contribution in [2.24, 2.45) is 11.3 Å². The molecule has 11 heavy (non-hydrogen) atoms. The summed E-state index contributed by atoms with van der Waals surface area (Å²) in [7, 11) is 0. The number of hydrogen-bond acceptors (Lipinski definition) is 2. The summed E-state index contributed by atoms with van der Waals surface area (Å²) in [5, 5.41) is 0. The quantitative estimate of drug-likeness (QED) is 0.497. The SMILES string of the molecule is CC1(C)[C@H]2CCC(=O)O[C@@H]1C2. The molecule has 2 heterocycles. The van der Waals surface area contributed by atoms with Gasteiger partial charge in [0.2, 0.25) is 0 Å². The topological polar surface area (TPSA) is 26.3 Å². The highest BCUT2D eigenvalue weighted by Gasteiger charge is 2.51. The van der Waals surface area contributed by atoms with Crippen LogP contribution >= 0.6 is 0 Å². The maximum atomic E-state index is 11.0. The van der Waals surface area contributed by atoms with Crippen LogP contribution in [0.4, 0.5) is 0 Å². The number of ether oxygens (including phenoxy) is 1. The molecule has 0 aromatic carbocycles. The molecular formula is C9H14O2. The largest absolute Gasteiger partial charge is 0.462 e. The molecule has 2 heteroatoms. The predicted molar refractivity (Wildman–Crippen MR) is 41.0 cm³/mol. The molecule has 0 unspecified atom stereocenters. The van der Waals surface area contributed by atoms with Crippen LogP contribution < -0.4 is 0 Å². The van der Waals surface area contributed by atoms with Gasteiger partial charge in [0.1, 0.15) is 6.10 Å². The van der Waals surface area contributed by atoms with Crippen molar-refractivity contribution in [3.63, 3.8) is 0 Å². The molecule has 1 saturated carbocycles. The Labute approximate surface area is 66.9 Å². The summed E-state index contributed by atoms with van der Waals surface area (Å²) in [4.78, 5) is 11.0. The number of rotatable bonds is 0. The Morgan fingerprint density at radius 3 is 2.91 bits per heavy atom. The van der Waals surface area contributed by atoms with Gasteiger partial charge in [0.25, 0.3) is 0 Å². The van der Waals surface area contributed by atoms with E-state index in [0.717, 1.165) is 18.8 Å². The Morgan fingerprint density at radius 1 is 1.55 bits per heavy atom. The molecule has 0 N–H and O–H groups in total. The third-order valence-corrected chi connectivity index (χ3v) is 3.35. The fourth-order valence-electron chi connectivity index (χ4n) is 2.17. The maximum absolute atomic E-state index is 11.0. The maximum Gasteiger partial charge on any atom is 0.306 e. The summed E-state index contributed by atoms with van der Waals surface area (Å²) >= 11 is 0. The van der Waals surface area contributed by atoms with E-state index in [1.807, 2.05) is 0 Å². The third-order valence-electron chi connectivity index (χ3n) is 3.35. The van der Waals surface area contributed by atoms with E-state index < -0.39 is 0 Å². The van der Waals surface area contributed by atoms with Crippen LogP contribution in [0.25, 0.3) is 0 Å². The lowest BCUT2D eigenvalue weighted by atomic mass is 9.59. The minimum absolute atomic E-state index is 0.00285. The zero-order valence-electron chi connectivity index (χ0n) is 7.09. The first kappa shape index (κ1) is 7.14. The van der Waals surface area contributed by atoms with Gasteiger partial charge in [-0.3, -0.25) is 4.79 Å². The van der Waals surface area contributed by atoms with Gasteiger partial charge in [0.15, 0.2) is 0 Å². The van der Waals surface area contributed by atoms with E-state index >= 15 is 0 Å². The highest BCUT2D eigenvalue weighted by atomic mass is 16.5. The fourth-order valence-corrected chi connectivity index (χ4v) is 2.17. The first-order chi connectivity index (χ1) is 5.10. The third kappa shape index (κ3) is 0.883. The van der Waals surface area contributed by atoms with Gasteiger partial charge < -0.3 is 4.74 Å². The van der Waals surface area contributed by atoms with Crippen molar-refractivity contribution in [2.45, 2.75) is 39.2 Å². The zero-order valence-corrected chi connectivity index (χ0v) is 7.09. The van der Waals surface area contributed by atoms with E-state index in [4.69, 9.17) is 4.74 Å². The second-order valence-electron chi connectivity index (χ2n) is 4.27. The average Bonchev–Trinajstić information content (AvgIpc) is 2.17. The molecule has 0 amide bonds. The van der Waals surface area contributed by atoms with Gasteiger partial charge in [0.05, 0.1) is 0 Å². The lowest BCUT2D eigenvalue weighted by molar-refractivity contribution is -0.165. The Balaban J connectivity index is 2.17. The standard InChI is InChI=1S/C9H14O2/c1-9(2)6-3-4-8(10)11-7(9)5-6/h6-7H,3-5H2,1-2H3/t6-,7+/m0/s1. The van der Waals surface area contributed by atoms with Gasteiger partial charge in [-0.15, -0.1) is 0 Å². The van der Waals surface area contributed by atoms with E-state index in [2.05, 4.69) is 13.8 Å². The molecule has 3 fully saturated rings. The summed E-state index contributed by atoms with van der Waals surface area (Å²) in [5.74, 6) is 0.724. The lowest BCUT2D eigenvalue weighted by Gasteiger charge is -2.49. The molecule has 0 radical (unpaired) electrons. The van der Waals surface area contributed by atoms with Crippen molar-refractivity contribution in [2.75, 3.05) is 0 Å². The highest BCUT2D eigenvalue weighted by Crippen LogP contribution is 2.52. The van der Waals surface area contributed by atoms with E-state index in [-0.39, 0.29) is 17.5 Å². The normalized spacial score (nSPS) is 40.4. The Hall–Kier alpha value is -0.530. The van der Waals surface area contributed by atoms with Gasteiger partial charge in [-0.25, -0.2) is 0 Å². The van der Waals surface area contributed by atoms with E-state index in [1.54, 1.807) is 0 Å². The number of carbonyl (C=O) groups is 1. The minimum Gasteiger partial charge on any atom is -0.462 e. The first-order valence-corrected chi connectivity index (χ1v) is 4.30. The molecule has 1 aliphatic carbocycles. The van der Waals surface area contributed by atoms with Crippen LogP contribution in [-0.4, -0.2) is 12.1 Å². The molecule has 2 atom stereocenters. The average molecular weight is 154 g/mol. The minimum atomic E-state index is 0.00285. The predicted octanol–water partition coefficient (Wildman–Crippen LogP) is 1.74. The summed E-state index contributed by atoms with van der Waals surface area (Å²) in [5.41, 5.74) is 0.256. The molecule has 2 bridgehead atoms. The Kier molecular flexibility index (Phi) is 1.29. The van der Waals surface area contributed by atoms with Crippen LogP contribution in [0, 0.1) is 11.3 Å². The molecule has 0 aromatic heterocycles. The summed E-state index contributed by atoms with van der Waals surface area (Å²) in [6.45, 7) is 4.40. The second-order valence-corrected chi connectivity index (χ2v) is 4.27. The van der Waals surface area contributed by atoms with Crippen LogP contribution in [-0.2, 0) is 9.53 Å². The fraction of sp³-hybridized carbons (Fsp3) is 0.889. The summed E-state index contributed by atoms with van der Waals surface area (Å²) < 4.78 is 5.25. The summed E-state index contributed by atoms with van der Waals surface area (Å²) in [6, 6.07) is 0. The van der Waals surface area contributed by atoms with Crippen LogP contribution in [0.3, 0.4) is 0 Å². The van der Waals surface area contributed by atoms with Crippen LogP contribution in [0.15, 0.2) is 0 Å². The molecule has 0 aromatic rings. The molecule has 3 rings (SSSR count). The van der Waals surface area contributed by atoms with Crippen molar-refractivity contribution in [3.05, 3.63) is 0 Å². The molecule has 2 aliphatic heterocycles. The van der Waals surface area contributed by atoms with Gasteiger partial charge in [-0.05, 0) is 18.8 Å². The first-order valence-electron chi connectivity index (χ1n) is 4.30. The van der Waals surface area contributed by atoms with Gasteiger partial charge >= 0.3 is 5.97 Å². The van der Waals surface area contributed by atoms with Crippen LogP contribution in [0.1, 0.15) is 33.1 Å². The molecular weight excluding hydrogens is 140 g/mol. The van der Waals surface area contributed by atoms with Gasteiger partial charge in [0, 0.05) is 11.8 Å². The molecule has 3 aliphatic rings. The second kappa shape index (κ2) is 1.99. The van der Waals surface area contributed by atoms with E-state index in [0.29, 0.717) is 6.42 Å². The lowest BCUT2D eigenvalue weighted by Crippen LogP contribution is -2.49. The van der Waals surface area contributed by atoms with E-state index in [1.165, 1.54) is 0 Å². The monoisotopic (exact) mass is 154 g/mol. The number of esters is 1. The van der Waals surface area contributed by atoms with Crippen molar-refractivity contribution < 1.29 is 9.53 Å².